The second kappa shape index (κ2) is 10.8. The third-order valence-electron chi connectivity index (χ3n) is 5.76. The van der Waals surface area contributed by atoms with E-state index in [4.69, 9.17) is 0 Å². The Morgan fingerprint density at radius 1 is 0.867 bits per heavy atom. The zero-order valence-corrected chi connectivity index (χ0v) is 17.4. The maximum atomic E-state index is 13.7. The Morgan fingerprint density at radius 3 is 2.10 bits per heavy atom. The van der Waals surface area contributed by atoms with E-state index in [1.165, 1.54) is 17.7 Å². The summed E-state index contributed by atoms with van der Waals surface area (Å²) in [4.78, 5) is 24.2. The average Bonchev–Trinajstić information content (AvgIpc) is 2.76. The molecule has 1 saturated carbocycles. The lowest BCUT2D eigenvalue weighted by atomic mass is 9.82. The van der Waals surface area contributed by atoms with Crippen molar-refractivity contribution in [3.63, 3.8) is 0 Å². The van der Waals surface area contributed by atoms with Gasteiger partial charge >= 0.3 is 6.03 Å². The van der Waals surface area contributed by atoms with Gasteiger partial charge in [0.2, 0.25) is 0 Å². The first-order valence-electron chi connectivity index (χ1n) is 10.6. The van der Waals surface area contributed by atoms with Crippen molar-refractivity contribution in [3.05, 3.63) is 71.0 Å². The van der Waals surface area contributed by atoms with Crippen LogP contribution in [0.5, 0.6) is 0 Å². The first-order valence-corrected chi connectivity index (χ1v) is 10.6. The highest BCUT2D eigenvalue weighted by Crippen LogP contribution is 2.28. The van der Waals surface area contributed by atoms with E-state index in [2.05, 4.69) is 16.0 Å². The van der Waals surface area contributed by atoms with Crippen molar-refractivity contribution in [2.24, 2.45) is 11.8 Å². The smallest absolute Gasteiger partial charge is 0.315 e. The molecule has 2 aromatic rings. The van der Waals surface area contributed by atoms with E-state index in [-0.39, 0.29) is 17.5 Å². The second-order valence-electron chi connectivity index (χ2n) is 8.13. The lowest BCUT2D eigenvalue weighted by Crippen LogP contribution is -2.39. The third kappa shape index (κ3) is 6.58. The molecule has 0 radical (unpaired) electrons. The lowest BCUT2D eigenvalue weighted by Gasteiger charge is -2.28. The van der Waals surface area contributed by atoms with Crippen molar-refractivity contribution in [3.8, 4) is 0 Å². The van der Waals surface area contributed by atoms with Gasteiger partial charge < -0.3 is 16.0 Å². The molecule has 0 aromatic heterocycles. The number of aryl methyl sites for hydroxylation is 1. The molecule has 0 heterocycles. The first kappa shape index (κ1) is 21.8. The molecule has 0 spiro atoms. The number of hydrogen-bond donors (Lipinski definition) is 3. The molecule has 30 heavy (non-hydrogen) atoms. The van der Waals surface area contributed by atoms with Gasteiger partial charge in [-0.3, -0.25) is 4.79 Å². The van der Waals surface area contributed by atoms with Gasteiger partial charge in [-0.2, -0.15) is 0 Å². The molecule has 0 saturated heterocycles. The molecule has 1 aliphatic carbocycles. The fraction of sp³-hybridized carbons (Fsp3) is 0.417. The second-order valence-corrected chi connectivity index (χ2v) is 8.13. The number of nitrogens with one attached hydrogen (secondary N) is 3. The molecular formula is C24H30FN3O2. The van der Waals surface area contributed by atoms with Gasteiger partial charge in [-0.05, 0) is 62.1 Å². The van der Waals surface area contributed by atoms with Crippen LogP contribution in [0.1, 0.15) is 47.2 Å². The van der Waals surface area contributed by atoms with E-state index in [1.54, 1.807) is 12.1 Å². The van der Waals surface area contributed by atoms with E-state index in [1.807, 2.05) is 31.2 Å². The van der Waals surface area contributed by atoms with Crippen LogP contribution in [-0.2, 0) is 6.54 Å². The Balaban J connectivity index is 1.30. The third-order valence-corrected chi connectivity index (χ3v) is 5.76. The number of amides is 3. The molecule has 2 aromatic carbocycles. The van der Waals surface area contributed by atoms with E-state index in [9.17, 15) is 14.0 Å². The molecule has 1 fully saturated rings. The van der Waals surface area contributed by atoms with Crippen LogP contribution in [-0.4, -0.2) is 25.0 Å². The van der Waals surface area contributed by atoms with Crippen LogP contribution in [0, 0.1) is 24.6 Å². The quantitative estimate of drug-likeness (QED) is 0.640. The van der Waals surface area contributed by atoms with Gasteiger partial charge in [-0.25, -0.2) is 9.18 Å². The van der Waals surface area contributed by atoms with Crippen molar-refractivity contribution in [1.82, 2.24) is 16.0 Å². The van der Waals surface area contributed by atoms with Crippen LogP contribution < -0.4 is 16.0 Å². The molecule has 3 amide bonds. The first-order chi connectivity index (χ1) is 14.5. The summed E-state index contributed by atoms with van der Waals surface area (Å²) in [5.74, 6) is -0.00597. The number of carbonyl (C=O) groups excluding carboxylic acids is 2. The summed E-state index contributed by atoms with van der Waals surface area (Å²) in [6, 6.07) is 14.0. The van der Waals surface area contributed by atoms with Gasteiger partial charge in [0, 0.05) is 19.6 Å². The number of hydrogen-bond acceptors (Lipinski definition) is 2. The molecule has 0 atom stereocenters. The molecule has 1 aliphatic rings. The van der Waals surface area contributed by atoms with E-state index in [0.717, 1.165) is 31.2 Å². The standard InChI is InChI=1S/C24H30FN3O2/c1-17-6-8-18(9-7-17)15-27-24(30)28-16-20-12-10-19(11-13-20)14-26-23(29)21-4-2-3-5-22(21)25/h2-9,19-20H,10-16H2,1H3,(H,26,29)(H2,27,28,30). The molecule has 6 heteroatoms. The number of benzene rings is 2. The van der Waals surface area contributed by atoms with Gasteiger partial charge in [0.05, 0.1) is 5.56 Å². The molecule has 0 bridgehead atoms. The summed E-state index contributed by atoms with van der Waals surface area (Å²) in [7, 11) is 0. The number of urea groups is 1. The molecule has 5 nitrogen and oxygen atoms in total. The topological polar surface area (TPSA) is 70.2 Å². The minimum absolute atomic E-state index is 0.0898. The molecular weight excluding hydrogens is 381 g/mol. The summed E-state index contributed by atoms with van der Waals surface area (Å²) in [6.07, 6.45) is 4.01. The predicted molar refractivity (Wildman–Crippen MR) is 116 cm³/mol. The van der Waals surface area contributed by atoms with Crippen molar-refractivity contribution < 1.29 is 14.0 Å². The van der Waals surface area contributed by atoms with E-state index >= 15 is 0 Å². The Labute approximate surface area is 177 Å². The number of rotatable bonds is 7. The fourth-order valence-corrected chi connectivity index (χ4v) is 3.81. The molecule has 3 N–H and O–H groups in total. The van der Waals surface area contributed by atoms with Gasteiger partial charge in [0.25, 0.3) is 5.91 Å². The molecule has 3 rings (SSSR count). The van der Waals surface area contributed by atoms with Crippen LogP contribution in [0.3, 0.4) is 0 Å². The summed E-state index contributed by atoms with van der Waals surface area (Å²) in [6.45, 7) is 3.77. The molecule has 0 aliphatic heterocycles. The van der Waals surface area contributed by atoms with Gasteiger partial charge in [-0.15, -0.1) is 0 Å². The van der Waals surface area contributed by atoms with Gasteiger partial charge in [-0.1, -0.05) is 42.0 Å². The maximum absolute atomic E-state index is 13.7. The highest BCUT2D eigenvalue weighted by Gasteiger charge is 2.22. The van der Waals surface area contributed by atoms with Gasteiger partial charge in [0.1, 0.15) is 5.82 Å². The van der Waals surface area contributed by atoms with Crippen LogP contribution in [0.15, 0.2) is 48.5 Å². The van der Waals surface area contributed by atoms with Crippen molar-refractivity contribution in [2.45, 2.75) is 39.2 Å². The number of carbonyl (C=O) groups is 2. The van der Waals surface area contributed by atoms with Crippen LogP contribution >= 0.6 is 0 Å². The molecule has 0 unspecified atom stereocenters. The Morgan fingerprint density at radius 2 is 1.47 bits per heavy atom. The average molecular weight is 412 g/mol. The van der Waals surface area contributed by atoms with Gasteiger partial charge in [0.15, 0.2) is 0 Å². The Bertz CT molecular complexity index is 846. The zero-order valence-electron chi connectivity index (χ0n) is 17.4. The summed E-state index contributed by atoms with van der Waals surface area (Å²) in [5.41, 5.74) is 2.37. The Kier molecular flexibility index (Phi) is 7.82. The highest BCUT2D eigenvalue weighted by molar-refractivity contribution is 5.94. The lowest BCUT2D eigenvalue weighted by molar-refractivity contribution is 0.0937. The van der Waals surface area contributed by atoms with Crippen molar-refractivity contribution in [1.29, 1.82) is 0 Å². The monoisotopic (exact) mass is 411 g/mol. The largest absolute Gasteiger partial charge is 0.352 e. The highest BCUT2D eigenvalue weighted by atomic mass is 19.1. The summed E-state index contributed by atoms with van der Waals surface area (Å²) < 4.78 is 13.7. The number of halogens is 1. The Hall–Kier alpha value is -2.89. The van der Waals surface area contributed by atoms with Crippen LogP contribution in [0.25, 0.3) is 0 Å². The minimum Gasteiger partial charge on any atom is -0.352 e. The SMILES string of the molecule is Cc1ccc(CNC(=O)NCC2CCC(CNC(=O)c3ccccc3F)CC2)cc1. The van der Waals surface area contributed by atoms with E-state index in [0.29, 0.717) is 31.5 Å². The van der Waals surface area contributed by atoms with Crippen LogP contribution in [0.2, 0.25) is 0 Å². The zero-order chi connectivity index (χ0) is 21.3. The molecule has 160 valence electrons. The summed E-state index contributed by atoms with van der Waals surface area (Å²) >= 11 is 0. The normalized spacial score (nSPS) is 18.5. The van der Waals surface area contributed by atoms with Crippen molar-refractivity contribution >= 4 is 11.9 Å². The maximum Gasteiger partial charge on any atom is 0.315 e. The predicted octanol–water partition coefficient (Wildman–Crippen LogP) is 4.17. The van der Waals surface area contributed by atoms with Crippen LogP contribution in [0.4, 0.5) is 9.18 Å². The van der Waals surface area contributed by atoms with Crippen molar-refractivity contribution in [2.75, 3.05) is 13.1 Å². The fourth-order valence-electron chi connectivity index (χ4n) is 3.81. The van der Waals surface area contributed by atoms with E-state index < -0.39 is 5.82 Å². The minimum atomic E-state index is -0.495. The summed E-state index contributed by atoms with van der Waals surface area (Å²) in [5, 5.41) is 8.71.